The summed E-state index contributed by atoms with van der Waals surface area (Å²) in [6, 6.07) is 5.95. The number of nitrogens with two attached hydrogens (primary N) is 1. The van der Waals surface area contributed by atoms with E-state index in [9.17, 15) is 28.1 Å². The second-order valence-corrected chi connectivity index (χ2v) is 13.3. The number of esters is 1. The highest BCUT2D eigenvalue weighted by Gasteiger charge is 2.41. The average molecular weight is 659 g/mol. The molecule has 3 rings (SSSR count). The van der Waals surface area contributed by atoms with Crippen molar-refractivity contribution in [1.29, 1.82) is 0 Å². The van der Waals surface area contributed by atoms with Crippen molar-refractivity contribution in [3.8, 4) is 11.5 Å². The summed E-state index contributed by atoms with van der Waals surface area (Å²) < 4.78 is 44.7. The molecule has 2 N–H and O–H groups in total. The number of carbonyl (C=O) groups is 2. The second-order valence-electron chi connectivity index (χ2n) is 9.15. The van der Waals surface area contributed by atoms with Crippen molar-refractivity contribution in [2.75, 3.05) is 47.1 Å². The Bertz CT molecular complexity index is 1430. The van der Waals surface area contributed by atoms with Gasteiger partial charge in [-0.3, -0.25) is 14.7 Å². The summed E-state index contributed by atoms with van der Waals surface area (Å²) in [6.45, 7) is 2.67. The number of fused-ring (bicyclic) bond motifs is 1. The summed E-state index contributed by atoms with van der Waals surface area (Å²) in [5, 5.41) is 15.0. The number of ether oxygens (including phenoxy) is 3. The van der Waals surface area contributed by atoms with E-state index in [1.807, 2.05) is 6.92 Å². The van der Waals surface area contributed by atoms with Crippen LogP contribution in [0.1, 0.15) is 43.4 Å². The van der Waals surface area contributed by atoms with Gasteiger partial charge in [-0.25, -0.2) is 8.42 Å². The number of hydrogen-bond acceptors (Lipinski definition) is 13. The molecule has 1 aliphatic rings. The van der Waals surface area contributed by atoms with Crippen LogP contribution in [0, 0.1) is 10.1 Å². The normalized spacial score (nSPS) is 16.0. The van der Waals surface area contributed by atoms with Gasteiger partial charge >= 0.3 is 5.97 Å². The molecular weight excluding hydrogens is 625 g/mol. The lowest BCUT2D eigenvalue weighted by molar-refractivity contribution is -0.757. The molecule has 1 aromatic heterocycles. The van der Waals surface area contributed by atoms with Crippen molar-refractivity contribution in [2.45, 2.75) is 40.6 Å². The van der Waals surface area contributed by atoms with Crippen LogP contribution in [0.25, 0.3) is 6.08 Å². The second kappa shape index (κ2) is 16.0. The van der Waals surface area contributed by atoms with Gasteiger partial charge in [-0.1, -0.05) is 6.07 Å². The number of benzene rings is 1. The Kier molecular flexibility index (Phi) is 12.8. The van der Waals surface area contributed by atoms with Crippen molar-refractivity contribution in [3.05, 3.63) is 51.6 Å². The minimum absolute atomic E-state index is 0.0937. The molecule has 0 aliphatic carbocycles. The maximum Gasteiger partial charge on any atom is 0.311 e. The number of carbonyl (C=O) groups excluding carboxylic acids is 2. The van der Waals surface area contributed by atoms with Crippen LogP contribution in [0.3, 0.4) is 0 Å². The summed E-state index contributed by atoms with van der Waals surface area (Å²) in [7, 11) is -0.799. The van der Waals surface area contributed by atoms with E-state index >= 15 is 0 Å². The van der Waals surface area contributed by atoms with E-state index in [2.05, 4.69) is 4.84 Å². The van der Waals surface area contributed by atoms with Gasteiger partial charge in [0.25, 0.3) is 15.1 Å². The van der Waals surface area contributed by atoms with Crippen LogP contribution in [-0.4, -0.2) is 81.7 Å². The molecule has 0 unspecified atom stereocenters. The third-order valence-electron chi connectivity index (χ3n) is 6.44. The van der Waals surface area contributed by atoms with E-state index in [1.54, 1.807) is 36.3 Å². The van der Waals surface area contributed by atoms with Crippen LogP contribution >= 0.6 is 23.3 Å². The third kappa shape index (κ3) is 8.90. The monoisotopic (exact) mass is 658 g/mol. The Morgan fingerprint density at radius 1 is 1.23 bits per heavy atom. The highest BCUT2D eigenvalue weighted by Crippen LogP contribution is 2.43. The van der Waals surface area contributed by atoms with Crippen molar-refractivity contribution >= 4 is 51.3 Å². The van der Waals surface area contributed by atoms with Crippen LogP contribution < -0.4 is 14.6 Å². The predicted molar refractivity (Wildman–Crippen MR) is 160 cm³/mol. The molecule has 0 spiro atoms. The van der Waals surface area contributed by atoms with Crippen molar-refractivity contribution in [3.63, 3.8) is 0 Å². The fourth-order valence-corrected chi connectivity index (χ4v) is 8.34. The van der Waals surface area contributed by atoms with Gasteiger partial charge in [0.05, 0.1) is 24.0 Å². The van der Waals surface area contributed by atoms with Gasteiger partial charge in [-0.15, -0.1) is 21.5 Å². The molecule has 43 heavy (non-hydrogen) atoms. The molecule has 17 heteroatoms. The van der Waals surface area contributed by atoms with Crippen molar-refractivity contribution in [2.24, 2.45) is 5.14 Å². The van der Waals surface area contributed by atoms with E-state index in [-0.39, 0.29) is 54.2 Å². The predicted octanol–water partition coefficient (Wildman–Crippen LogP) is 3.26. The number of sulfonamides is 1. The number of nitrogens with zero attached hydrogens (tertiary/aromatic N) is 3. The molecule has 2 heterocycles. The third-order valence-corrected chi connectivity index (χ3v) is 10.7. The highest BCUT2D eigenvalue weighted by atomic mass is 32.3. The van der Waals surface area contributed by atoms with Crippen LogP contribution in [-0.2, 0) is 29.2 Å². The number of thiophene rings is 1. The fraction of sp³-hybridized carbons (Fsp3) is 0.462. The highest BCUT2D eigenvalue weighted by molar-refractivity contribution is 7.99. The molecule has 1 aromatic carbocycles. The molecule has 0 bridgehead atoms. The Labute approximate surface area is 258 Å². The number of rotatable bonds is 16. The minimum atomic E-state index is -3.75. The molecule has 2 aromatic rings. The van der Waals surface area contributed by atoms with Gasteiger partial charge in [0.2, 0.25) is 5.91 Å². The zero-order valence-corrected chi connectivity index (χ0v) is 26.4. The maximum absolute atomic E-state index is 13.5. The van der Waals surface area contributed by atoms with E-state index in [0.717, 1.165) is 23.3 Å². The fourth-order valence-electron chi connectivity index (χ4n) is 4.42. The van der Waals surface area contributed by atoms with Gasteiger partial charge in [-0.2, -0.15) is 4.31 Å². The SMILES string of the molecule is CCN(C(=O)/C=C/c1ccc(OC(=O)CCCO[N+](=O)[O-])c(OC)c1)[C@H]1CN(CCCOC)S(=O)(=O)c2sc(SN)cc21. The molecule has 1 atom stereocenters. The van der Waals surface area contributed by atoms with E-state index in [1.165, 1.54) is 23.6 Å². The topological polar surface area (TPSA) is 181 Å². The lowest BCUT2D eigenvalue weighted by Crippen LogP contribution is -2.46. The zero-order chi connectivity index (χ0) is 31.6. The largest absolute Gasteiger partial charge is 0.493 e. The molecule has 236 valence electrons. The van der Waals surface area contributed by atoms with Crippen LogP contribution in [0.4, 0.5) is 0 Å². The lowest BCUT2D eigenvalue weighted by Gasteiger charge is -2.38. The van der Waals surface area contributed by atoms with Gasteiger partial charge < -0.3 is 23.9 Å². The Morgan fingerprint density at radius 2 is 2.00 bits per heavy atom. The Morgan fingerprint density at radius 3 is 2.65 bits per heavy atom. The minimum Gasteiger partial charge on any atom is -0.493 e. The Balaban J connectivity index is 1.77. The molecule has 14 nitrogen and oxygen atoms in total. The van der Waals surface area contributed by atoms with Gasteiger partial charge in [0.1, 0.15) is 4.21 Å². The average Bonchev–Trinajstić information content (AvgIpc) is 3.43. The first-order valence-electron chi connectivity index (χ1n) is 13.2. The molecule has 0 radical (unpaired) electrons. The summed E-state index contributed by atoms with van der Waals surface area (Å²) in [5.74, 6) is -0.543. The number of hydrogen-bond donors (Lipinski definition) is 1. The van der Waals surface area contributed by atoms with E-state index < -0.39 is 27.1 Å². The first kappa shape index (κ1) is 34.3. The maximum atomic E-state index is 13.5. The summed E-state index contributed by atoms with van der Waals surface area (Å²) in [5.41, 5.74) is 1.13. The molecule has 0 saturated carbocycles. The molecule has 1 amide bonds. The number of methoxy groups -OCH3 is 2. The molecule has 0 saturated heterocycles. The van der Waals surface area contributed by atoms with Gasteiger partial charge in [-0.05, 0) is 61.6 Å². The first-order valence-corrected chi connectivity index (χ1v) is 16.3. The van der Waals surface area contributed by atoms with Crippen LogP contribution in [0.5, 0.6) is 11.5 Å². The lowest BCUT2D eigenvalue weighted by atomic mass is 10.1. The molecule has 1 aliphatic heterocycles. The van der Waals surface area contributed by atoms with Gasteiger partial charge in [0, 0.05) is 51.4 Å². The first-order chi connectivity index (χ1) is 20.5. The Hall–Kier alpha value is -3.22. The summed E-state index contributed by atoms with van der Waals surface area (Å²) in [4.78, 5) is 41.6. The number of likely N-dealkylation sites (N-methyl/N-ethyl adjacent to an activating group) is 1. The number of amides is 1. The zero-order valence-electron chi connectivity index (χ0n) is 23.9. The molecule has 0 fully saturated rings. The molecular formula is C26H34N4O10S3. The van der Waals surface area contributed by atoms with E-state index in [4.69, 9.17) is 19.3 Å². The smallest absolute Gasteiger partial charge is 0.311 e. The summed E-state index contributed by atoms with van der Waals surface area (Å²) in [6.07, 6.45) is 3.49. The standard InChI is InChI=1S/C26H34N4O10S3/c1-4-29(20-17-28(12-6-13-37-2)43(35,36)26-19(20)16-25(41-26)42-27)23(31)11-9-18-8-10-21(22(15-18)38-3)40-24(32)7-5-14-39-30(33)34/h8-11,15-16,20H,4-7,12-14,17,27H2,1-3H3/b11-9+/t20-/m0/s1. The van der Waals surface area contributed by atoms with Crippen LogP contribution in [0.2, 0.25) is 0 Å². The van der Waals surface area contributed by atoms with Crippen molar-refractivity contribution in [1.82, 2.24) is 9.21 Å². The summed E-state index contributed by atoms with van der Waals surface area (Å²) >= 11 is 2.05. The van der Waals surface area contributed by atoms with Crippen LogP contribution in [0.15, 0.2) is 38.8 Å². The van der Waals surface area contributed by atoms with E-state index in [0.29, 0.717) is 34.9 Å². The van der Waals surface area contributed by atoms with Gasteiger partial charge in [0.15, 0.2) is 11.5 Å². The van der Waals surface area contributed by atoms with Crippen molar-refractivity contribution < 1.29 is 42.1 Å². The quantitative estimate of drug-likeness (QED) is 0.0530.